The van der Waals surface area contributed by atoms with E-state index >= 15 is 0 Å². The summed E-state index contributed by atoms with van der Waals surface area (Å²) in [5.41, 5.74) is 6.40. The smallest absolute Gasteiger partial charge is 0.246 e. The van der Waals surface area contributed by atoms with Crippen LogP contribution in [0.4, 0.5) is 4.39 Å². The third kappa shape index (κ3) is 3.17. The number of nitrogens with zero attached hydrogens (tertiary/aromatic N) is 1. The van der Waals surface area contributed by atoms with Crippen molar-refractivity contribution < 1.29 is 9.18 Å². The first-order chi connectivity index (χ1) is 8.69. The molecule has 4 heteroatoms. The SMILES string of the molecule is NC[C@@H]1CCN(C(=O)/C=C\c2ccc(F)cc2)C1. The average molecular weight is 248 g/mol. The predicted molar refractivity (Wildman–Crippen MR) is 69.2 cm³/mol. The Balaban J connectivity index is 1.93. The van der Waals surface area contributed by atoms with Crippen LogP contribution in [0.5, 0.6) is 0 Å². The molecule has 1 atom stereocenters. The number of carbonyl (C=O) groups excluding carboxylic acids is 1. The van der Waals surface area contributed by atoms with Crippen molar-refractivity contribution in [3.05, 3.63) is 41.7 Å². The zero-order chi connectivity index (χ0) is 13.0. The largest absolute Gasteiger partial charge is 0.339 e. The van der Waals surface area contributed by atoms with Gasteiger partial charge in [0.1, 0.15) is 5.82 Å². The second kappa shape index (κ2) is 5.78. The molecule has 1 aromatic rings. The fourth-order valence-electron chi connectivity index (χ4n) is 2.07. The quantitative estimate of drug-likeness (QED) is 0.827. The van der Waals surface area contributed by atoms with Crippen LogP contribution in [-0.2, 0) is 4.79 Å². The van der Waals surface area contributed by atoms with Gasteiger partial charge in [-0.3, -0.25) is 4.79 Å². The Hall–Kier alpha value is -1.68. The van der Waals surface area contributed by atoms with Crippen molar-refractivity contribution in [1.29, 1.82) is 0 Å². The molecule has 0 saturated carbocycles. The second-order valence-electron chi connectivity index (χ2n) is 4.56. The molecule has 96 valence electrons. The van der Waals surface area contributed by atoms with Crippen LogP contribution in [0.1, 0.15) is 12.0 Å². The van der Waals surface area contributed by atoms with Gasteiger partial charge < -0.3 is 10.6 Å². The first-order valence-electron chi connectivity index (χ1n) is 6.11. The number of rotatable bonds is 3. The van der Waals surface area contributed by atoms with Crippen molar-refractivity contribution in [3.8, 4) is 0 Å². The molecule has 0 aliphatic carbocycles. The first kappa shape index (κ1) is 12.8. The molecule has 18 heavy (non-hydrogen) atoms. The highest BCUT2D eigenvalue weighted by molar-refractivity contribution is 5.91. The van der Waals surface area contributed by atoms with E-state index in [-0.39, 0.29) is 11.7 Å². The maximum Gasteiger partial charge on any atom is 0.246 e. The number of nitrogens with two attached hydrogens (primary N) is 1. The Morgan fingerprint density at radius 2 is 2.17 bits per heavy atom. The molecule has 1 fully saturated rings. The number of amides is 1. The molecule has 0 unspecified atom stereocenters. The number of benzene rings is 1. The summed E-state index contributed by atoms with van der Waals surface area (Å²) < 4.78 is 12.7. The molecule has 3 nitrogen and oxygen atoms in total. The highest BCUT2D eigenvalue weighted by atomic mass is 19.1. The van der Waals surface area contributed by atoms with Crippen LogP contribution in [0.25, 0.3) is 6.08 Å². The van der Waals surface area contributed by atoms with E-state index in [4.69, 9.17) is 5.73 Å². The van der Waals surface area contributed by atoms with Crippen LogP contribution >= 0.6 is 0 Å². The standard InChI is InChI=1S/C14H17FN2O/c15-13-4-1-11(2-5-13)3-6-14(18)17-8-7-12(9-16)10-17/h1-6,12H,7-10,16H2/b6-3-/t12-/m0/s1. The Morgan fingerprint density at radius 1 is 1.44 bits per heavy atom. The molecular formula is C14H17FN2O. The zero-order valence-electron chi connectivity index (χ0n) is 10.2. The van der Waals surface area contributed by atoms with Crippen molar-refractivity contribution >= 4 is 12.0 Å². The van der Waals surface area contributed by atoms with E-state index in [1.807, 2.05) is 0 Å². The van der Waals surface area contributed by atoms with E-state index in [1.165, 1.54) is 18.2 Å². The Kier molecular flexibility index (Phi) is 4.10. The Bertz CT molecular complexity index is 442. The van der Waals surface area contributed by atoms with Gasteiger partial charge in [0, 0.05) is 19.2 Å². The van der Waals surface area contributed by atoms with Gasteiger partial charge in [0.2, 0.25) is 5.91 Å². The van der Waals surface area contributed by atoms with E-state index < -0.39 is 0 Å². The van der Waals surface area contributed by atoms with Gasteiger partial charge in [-0.2, -0.15) is 0 Å². The van der Waals surface area contributed by atoms with Gasteiger partial charge in [-0.25, -0.2) is 4.39 Å². The molecule has 0 bridgehead atoms. The fourth-order valence-corrected chi connectivity index (χ4v) is 2.07. The lowest BCUT2D eigenvalue weighted by molar-refractivity contribution is -0.125. The molecule has 1 aliphatic heterocycles. The van der Waals surface area contributed by atoms with Crippen molar-refractivity contribution in [2.75, 3.05) is 19.6 Å². The summed E-state index contributed by atoms with van der Waals surface area (Å²) in [7, 11) is 0. The van der Waals surface area contributed by atoms with Crippen LogP contribution in [0.15, 0.2) is 30.3 Å². The lowest BCUT2D eigenvalue weighted by atomic mass is 10.1. The van der Waals surface area contributed by atoms with Gasteiger partial charge >= 0.3 is 0 Å². The number of hydrogen-bond acceptors (Lipinski definition) is 2. The third-order valence-electron chi connectivity index (χ3n) is 3.22. The van der Waals surface area contributed by atoms with Crippen LogP contribution in [-0.4, -0.2) is 30.4 Å². The summed E-state index contributed by atoms with van der Waals surface area (Å²) in [6, 6.07) is 6.05. The van der Waals surface area contributed by atoms with Crippen molar-refractivity contribution in [1.82, 2.24) is 4.90 Å². The van der Waals surface area contributed by atoms with Crippen LogP contribution in [0.3, 0.4) is 0 Å². The monoisotopic (exact) mass is 248 g/mol. The lowest BCUT2D eigenvalue weighted by Gasteiger charge is -2.13. The second-order valence-corrected chi connectivity index (χ2v) is 4.56. The third-order valence-corrected chi connectivity index (χ3v) is 3.22. The number of likely N-dealkylation sites (tertiary alicyclic amines) is 1. The summed E-state index contributed by atoms with van der Waals surface area (Å²) in [6.45, 7) is 2.14. The van der Waals surface area contributed by atoms with Crippen molar-refractivity contribution in [2.24, 2.45) is 11.7 Å². The van der Waals surface area contributed by atoms with Crippen LogP contribution < -0.4 is 5.73 Å². The minimum Gasteiger partial charge on any atom is -0.339 e. The highest BCUT2D eigenvalue weighted by Gasteiger charge is 2.23. The minimum absolute atomic E-state index is 0.00437. The van der Waals surface area contributed by atoms with Gasteiger partial charge in [-0.15, -0.1) is 0 Å². The van der Waals surface area contributed by atoms with Gasteiger partial charge in [-0.05, 0) is 42.7 Å². The summed E-state index contributed by atoms with van der Waals surface area (Å²) in [5, 5.41) is 0. The van der Waals surface area contributed by atoms with Crippen molar-refractivity contribution in [2.45, 2.75) is 6.42 Å². The molecular weight excluding hydrogens is 231 g/mol. The zero-order valence-corrected chi connectivity index (χ0v) is 10.2. The average Bonchev–Trinajstić information content (AvgIpc) is 2.86. The molecule has 2 N–H and O–H groups in total. The maximum absolute atomic E-state index is 12.7. The van der Waals surface area contributed by atoms with E-state index in [2.05, 4.69) is 0 Å². The summed E-state index contributed by atoms with van der Waals surface area (Å²) in [5.74, 6) is 0.146. The van der Waals surface area contributed by atoms with Gasteiger partial charge in [-0.1, -0.05) is 12.1 Å². The molecule has 0 spiro atoms. The fraction of sp³-hybridized carbons (Fsp3) is 0.357. The van der Waals surface area contributed by atoms with E-state index in [0.29, 0.717) is 12.5 Å². The summed E-state index contributed by atoms with van der Waals surface area (Å²) in [4.78, 5) is 13.7. The predicted octanol–water partition coefficient (Wildman–Crippen LogP) is 1.65. The van der Waals surface area contributed by atoms with E-state index in [9.17, 15) is 9.18 Å². The highest BCUT2D eigenvalue weighted by Crippen LogP contribution is 2.15. The molecule has 1 amide bonds. The molecule has 1 aromatic carbocycles. The van der Waals surface area contributed by atoms with Crippen LogP contribution in [0, 0.1) is 11.7 Å². The Morgan fingerprint density at radius 3 is 2.78 bits per heavy atom. The topological polar surface area (TPSA) is 46.3 Å². The van der Waals surface area contributed by atoms with Crippen molar-refractivity contribution in [3.63, 3.8) is 0 Å². The maximum atomic E-state index is 12.7. The number of halogens is 1. The minimum atomic E-state index is -0.274. The van der Waals surface area contributed by atoms with Gasteiger partial charge in [0.05, 0.1) is 0 Å². The molecule has 0 aromatic heterocycles. The first-order valence-corrected chi connectivity index (χ1v) is 6.11. The van der Waals surface area contributed by atoms with E-state index in [0.717, 1.165) is 25.1 Å². The summed E-state index contributed by atoms with van der Waals surface area (Å²) in [6.07, 6.45) is 4.22. The van der Waals surface area contributed by atoms with Gasteiger partial charge in [0.25, 0.3) is 0 Å². The van der Waals surface area contributed by atoms with Gasteiger partial charge in [0.15, 0.2) is 0 Å². The normalized spacial score (nSPS) is 19.7. The molecule has 1 aliphatic rings. The summed E-state index contributed by atoms with van der Waals surface area (Å²) >= 11 is 0. The van der Waals surface area contributed by atoms with E-state index in [1.54, 1.807) is 23.1 Å². The Labute approximate surface area is 106 Å². The lowest BCUT2D eigenvalue weighted by Crippen LogP contribution is -2.28. The molecule has 0 radical (unpaired) electrons. The molecule has 2 rings (SSSR count). The molecule has 1 saturated heterocycles. The number of carbonyl (C=O) groups is 1. The number of hydrogen-bond donors (Lipinski definition) is 1. The van der Waals surface area contributed by atoms with Crippen LogP contribution in [0.2, 0.25) is 0 Å². The molecule has 1 heterocycles.